The Labute approximate surface area is 80.1 Å². The smallest absolute Gasteiger partial charge is 0.345 e. The number of hydrogen-bond donors (Lipinski definition) is 2. The minimum atomic E-state index is -0.449. The number of nitrogen functional groups attached to an aromatic ring is 2. The maximum absolute atomic E-state index is 11.4. The third-order valence-electron chi connectivity index (χ3n) is 2.24. The average Bonchev–Trinajstić information content (AvgIpc) is 2.14. The van der Waals surface area contributed by atoms with Gasteiger partial charge in [0.15, 0.2) is 5.88 Å². The van der Waals surface area contributed by atoms with Crippen molar-refractivity contribution in [2.75, 3.05) is 11.5 Å². The van der Waals surface area contributed by atoms with E-state index in [4.69, 9.17) is 15.9 Å². The van der Waals surface area contributed by atoms with E-state index in [9.17, 15) is 4.79 Å². The van der Waals surface area contributed by atoms with E-state index >= 15 is 0 Å². The van der Waals surface area contributed by atoms with Crippen LogP contribution in [-0.2, 0) is 0 Å². The monoisotopic (exact) mass is 190 g/mol. The van der Waals surface area contributed by atoms with Gasteiger partial charge in [0.1, 0.15) is 0 Å². The summed E-state index contributed by atoms with van der Waals surface area (Å²) in [5.41, 5.74) is 11.9. The molecule has 0 aliphatic rings. The number of fused-ring (bicyclic) bond motifs is 1. The molecule has 72 valence electrons. The second-order valence-corrected chi connectivity index (χ2v) is 3.18. The number of aryl methyl sites for hydroxylation is 1. The molecule has 4 nitrogen and oxygen atoms in total. The summed E-state index contributed by atoms with van der Waals surface area (Å²) in [6.45, 7) is 1.80. The molecular formula is C10H10N2O2. The lowest BCUT2D eigenvalue weighted by Crippen LogP contribution is -2.05. The molecule has 1 aromatic carbocycles. The molecule has 4 heteroatoms. The molecule has 0 fully saturated rings. The molecule has 14 heavy (non-hydrogen) atoms. The molecule has 1 heterocycles. The van der Waals surface area contributed by atoms with E-state index in [0.29, 0.717) is 11.1 Å². The molecule has 0 aliphatic carbocycles. The van der Waals surface area contributed by atoms with E-state index in [1.165, 1.54) is 0 Å². The van der Waals surface area contributed by atoms with E-state index in [0.717, 1.165) is 10.9 Å². The largest absolute Gasteiger partial charge is 0.406 e. The quantitative estimate of drug-likeness (QED) is 0.613. The average molecular weight is 190 g/mol. The highest BCUT2D eigenvalue weighted by Crippen LogP contribution is 2.21. The Kier molecular flexibility index (Phi) is 1.70. The molecule has 0 aliphatic heterocycles. The first kappa shape index (κ1) is 8.62. The fraction of sp³-hybridized carbons (Fsp3) is 0.100. The van der Waals surface area contributed by atoms with Crippen molar-refractivity contribution < 1.29 is 4.42 Å². The van der Waals surface area contributed by atoms with Gasteiger partial charge in [-0.15, -0.1) is 0 Å². The van der Waals surface area contributed by atoms with Crippen LogP contribution in [0, 0.1) is 6.92 Å². The molecule has 0 spiro atoms. The molecule has 0 saturated heterocycles. The van der Waals surface area contributed by atoms with E-state index in [-0.39, 0.29) is 5.88 Å². The molecule has 0 unspecified atom stereocenters. The standard InChI is InChI=1S/C10H10N2O2/c1-5-7-3-2-6(11)4-8(7)10(13)14-9(5)12/h2-4H,11-12H2,1H3. The maximum atomic E-state index is 11.4. The first-order valence-electron chi connectivity index (χ1n) is 4.18. The van der Waals surface area contributed by atoms with Crippen LogP contribution in [0.1, 0.15) is 5.56 Å². The van der Waals surface area contributed by atoms with E-state index in [1.54, 1.807) is 25.1 Å². The van der Waals surface area contributed by atoms with Gasteiger partial charge < -0.3 is 15.9 Å². The number of nitrogens with two attached hydrogens (primary N) is 2. The van der Waals surface area contributed by atoms with E-state index < -0.39 is 5.63 Å². The lowest BCUT2D eigenvalue weighted by atomic mass is 10.1. The number of rotatable bonds is 0. The van der Waals surface area contributed by atoms with Gasteiger partial charge in [-0.05, 0) is 24.4 Å². The van der Waals surface area contributed by atoms with Crippen molar-refractivity contribution in [3.63, 3.8) is 0 Å². The summed E-state index contributed by atoms with van der Waals surface area (Å²) in [5, 5.41) is 1.25. The zero-order valence-electron chi connectivity index (χ0n) is 7.70. The fourth-order valence-electron chi connectivity index (χ4n) is 1.42. The van der Waals surface area contributed by atoms with Crippen molar-refractivity contribution in [3.05, 3.63) is 34.2 Å². The topological polar surface area (TPSA) is 82.2 Å². The molecule has 0 amide bonds. The molecular weight excluding hydrogens is 180 g/mol. The SMILES string of the molecule is Cc1c(N)oc(=O)c2cc(N)ccc12. The van der Waals surface area contributed by atoms with Crippen molar-refractivity contribution in [1.82, 2.24) is 0 Å². The predicted molar refractivity (Wildman–Crippen MR) is 56.0 cm³/mol. The van der Waals surface area contributed by atoms with Crippen LogP contribution in [0.2, 0.25) is 0 Å². The van der Waals surface area contributed by atoms with Gasteiger partial charge in [-0.1, -0.05) is 6.07 Å². The van der Waals surface area contributed by atoms with Crippen molar-refractivity contribution in [2.45, 2.75) is 6.92 Å². The normalized spacial score (nSPS) is 10.6. The van der Waals surface area contributed by atoms with Crippen LogP contribution in [0.4, 0.5) is 11.6 Å². The first-order chi connectivity index (χ1) is 6.59. The van der Waals surface area contributed by atoms with Gasteiger partial charge in [-0.25, -0.2) is 4.79 Å². The molecule has 4 N–H and O–H groups in total. The van der Waals surface area contributed by atoms with Crippen LogP contribution in [0.15, 0.2) is 27.4 Å². The van der Waals surface area contributed by atoms with E-state index in [1.807, 2.05) is 0 Å². The summed E-state index contributed by atoms with van der Waals surface area (Å²) in [6, 6.07) is 5.09. The second kappa shape index (κ2) is 2.77. The molecule has 0 radical (unpaired) electrons. The van der Waals surface area contributed by atoms with Gasteiger partial charge in [0, 0.05) is 11.3 Å². The third kappa shape index (κ3) is 1.12. The molecule has 0 atom stereocenters. The van der Waals surface area contributed by atoms with Crippen LogP contribution >= 0.6 is 0 Å². The van der Waals surface area contributed by atoms with Crippen LogP contribution in [0.3, 0.4) is 0 Å². The van der Waals surface area contributed by atoms with Gasteiger partial charge in [-0.2, -0.15) is 0 Å². The number of benzene rings is 1. The summed E-state index contributed by atoms with van der Waals surface area (Å²) in [4.78, 5) is 11.4. The van der Waals surface area contributed by atoms with Crippen LogP contribution in [0.25, 0.3) is 10.8 Å². The van der Waals surface area contributed by atoms with Gasteiger partial charge in [0.25, 0.3) is 0 Å². The minimum Gasteiger partial charge on any atom is -0.406 e. The number of hydrogen-bond acceptors (Lipinski definition) is 4. The van der Waals surface area contributed by atoms with Crippen molar-refractivity contribution >= 4 is 22.3 Å². The third-order valence-corrected chi connectivity index (χ3v) is 2.24. The Balaban J connectivity index is 3.02. The molecule has 1 aromatic heterocycles. The van der Waals surface area contributed by atoms with Crippen LogP contribution < -0.4 is 17.1 Å². The Morgan fingerprint density at radius 2 is 1.93 bits per heavy atom. The zero-order valence-corrected chi connectivity index (χ0v) is 7.70. The number of anilines is 2. The molecule has 2 rings (SSSR count). The summed E-state index contributed by atoms with van der Waals surface area (Å²) in [6.07, 6.45) is 0. The highest BCUT2D eigenvalue weighted by atomic mass is 16.4. The Morgan fingerprint density at radius 3 is 2.64 bits per heavy atom. The van der Waals surface area contributed by atoms with Gasteiger partial charge in [-0.3, -0.25) is 0 Å². The van der Waals surface area contributed by atoms with Crippen LogP contribution in [0.5, 0.6) is 0 Å². The summed E-state index contributed by atoms with van der Waals surface area (Å²) >= 11 is 0. The van der Waals surface area contributed by atoms with Gasteiger partial charge in [0.2, 0.25) is 0 Å². The van der Waals surface area contributed by atoms with Crippen molar-refractivity contribution in [3.8, 4) is 0 Å². The van der Waals surface area contributed by atoms with Crippen molar-refractivity contribution in [1.29, 1.82) is 0 Å². The predicted octanol–water partition coefficient (Wildman–Crippen LogP) is 1.27. The highest BCUT2D eigenvalue weighted by molar-refractivity contribution is 5.88. The highest BCUT2D eigenvalue weighted by Gasteiger charge is 2.07. The Hall–Kier alpha value is -1.97. The lowest BCUT2D eigenvalue weighted by Gasteiger charge is -2.03. The van der Waals surface area contributed by atoms with Crippen molar-refractivity contribution in [2.24, 2.45) is 0 Å². The first-order valence-corrected chi connectivity index (χ1v) is 4.18. The Morgan fingerprint density at radius 1 is 1.21 bits per heavy atom. The fourth-order valence-corrected chi connectivity index (χ4v) is 1.42. The zero-order chi connectivity index (χ0) is 10.3. The van der Waals surface area contributed by atoms with Gasteiger partial charge in [0.05, 0.1) is 5.39 Å². The summed E-state index contributed by atoms with van der Waals surface area (Å²) in [7, 11) is 0. The maximum Gasteiger partial charge on any atom is 0.345 e. The molecule has 0 saturated carbocycles. The lowest BCUT2D eigenvalue weighted by molar-refractivity contribution is 0.537. The van der Waals surface area contributed by atoms with Gasteiger partial charge >= 0.3 is 5.63 Å². The summed E-state index contributed by atoms with van der Waals surface area (Å²) in [5.74, 6) is 0.160. The minimum absolute atomic E-state index is 0.160. The molecule has 2 aromatic rings. The van der Waals surface area contributed by atoms with E-state index in [2.05, 4.69) is 0 Å². The Bertz CT molecular complexity index is 558. The second-order valence-electron chi connectivity index (χ2n) is 3.18. The molecule has 0 bridgehead atoms. The summed E-state index contributed by atoms with van der Waals surface area (Å²) < 4.78 is 4.84. The van der Waals surface area contributed by atoms with Crippen LogP contribution in [-0.4, -0.2) is 0 Å².